The lowest BCUT2D eigenvalue weighted by Crippen LogP contribution is -3.40. The van der Waals surface area contributed by atoms with Crippen LogP contribution in [0.25, 0.3) is 0 Å². The van der Waals surface area contributed by atoms with E-state index in [4.69, 9.17) is 0 Å². The number of hydrogen-bond donors (Lipinski definition) is 5. The zero-order valence-electron chi connectivity index (χ0n) is 25.0. The fourth-order valence-corrected chi connectivity index (χ4v) is 11.7. The molecule has 0 amide bonds. The predicted molar refractivity (Wildman–Crippen MR) is 150 cm³/mol. The van der Waals surface area contributed by atoms with Crippen LogP contribution in [0.4, 0.5) is 0 Å². The maximum absolute atomic E-state index is 2.62. The molecule has 224 valence electrons. The van der Waals surface area contributed by atoms with Crippen LogP contribution in [0.3, 0.4) is 0 Å². The average molecular weight is 561 g/mol. The average Bonchev–Trinajstić information content (AvgIpc) is 2.87. The highest BCUT2D eigenvalue weighted by Gasteiger charge is 2.46. The summed E-state index contributed by atoms with van der Waals surface area (Å²) in [6.45, 7) is 31.6. The smallest absolute Gasteiger partial charge is 0.206 e. The molecule has 16 bridgehead atoms. The van der Waals surface area contributed by atoms with Gasteiger partial charge in [0.1, 0.15) is 26.7 Å². The summed E-state index contributed by atoms with van der Waals surface area (Å²) in [7, 11) is 0. The molecular weight excluding hydrogens is 502 g/mol. The molecule has 0 radical (unpaired) electrons. The van der Waals surface area contributed by atoms with Crippen LogP contribution in [-0.2, 0) is 0 Å². The molecule has 40 heavy (non-hydrogen) atoms. The van der Waals surface area contributed by atoms with Crippen molar-refractivity contribution in [2.75, 3.05) is 152 Å². The maximum atomic E-state index is 2.62. The Balaban J connectivity index is 0.0000000768. The van der Waals surface area contributed by atoms with Crippen molar-refractivity contribution in [3.05, 3.63) is 0 Å². The number of nitrogens with one attached hydrogen (secondary N) is 5. The summed E-state index contributed by atoms with van der Waals surface area (Å²) >= 11 is 0. The first-order valence-electron chi connectivity index (χ1n) is 17.1. The number of hydrogen-bond acceptors (Lipinski definition) is 6. The molecule has 0 aromatic rings. The summed E-state index contributed by atoms with van der Waals surface area (Å²) in [5, 5.41) is 0. The molecule has 11 heteroatoms. The summed E-state index contributed by atoms with van der Waals surface area (Å²) in [6.07, 6.45) is 1.56. The first-order chi connectivity index (χ1) is 19.6. The Kier molecular flexibility index (Phi) is 6.91. The molecule has 0 aliphatic carbocycles. The van der Waals surface area contributed by atoms with Crippen LogP contribution in [0.2, 0.25) is 0 Å². The molecule has 0 saturated carbocycles. The molecular formula is C29H58N11+5. The zero-order valence-corrected chi connectivity index (χ0v) is 25.0. The number of piperidine rings is 2. The van der Waals surface area contributed by atoms with Crippen molar-refractivity contribution in [1.82, 2.24) is 29.4 Å². The number of rotatable bonds is 0. The van der Waals surface area contributed by atoms with Crippen molar-refractivity contribution in [2.24, 2.45) is 29.6 Å². The second kappa shape index (κ2) is 10.6. The summed E-state index contributed by atoms with van der Waals surface area (Å²) in [5.41, 5.74) is 0. The van der Waals surface area contributed by atoms with Gasteiger partial charge in [-0.15, -0.1) is 0 Å². The summed E-state index contributed by atoms with van der Waals surface area (Å²) in [4.78, 5) is 24.6. The third kappa shape index (κ3) is 5.50. The van der Waals surface area contributed by atoms with E-state index in [0.29, 0.717) is 0 Å². The van der Waals surface area contributed by atoms with Crippen molar-refractivity contribution >= 4 is 0 Å². The van der Waals surface area contributed by atoms with Crippen LogP contribution in [0.1, 0.15) is 6.42 Å². The van der Waals surface area contributed by atoms with Gasteiger partial charge in [0.15, 0.2) is 0 Å². The van der Waals surface area contributed by atoms with E-state index in [0.717, 1.165) is 29.6 Å². The summed E-state index contributed by atoms with van der Waals surface area (Å²) in [5.74, 6) is 5.18. The van der Waals surface area contributed by atoms with Gasteiger partial charge in [-0.3, -0.25) is 34.3 Å². The number of quaternary nitrogens is 5. The second-order valence-corrected chi connectivity index (χ2v) is 16.4. The Morgan fingerprint density at radius 2 is 0.725 bits per heavy atom. The zero-order chi connectivity index (χ0) is 26.2. The van der Waals surface area contributed by atoms with E-state index < -0.39 is 0 Å². The molecule has 16 rings (SSSR count). The molecule has 16 heterocycles. The van der Waals surface area contributed by atoms with Crippen LogP contribution in [0, 0.1) is 29.6 Å². The standard InChI is InChI=1S/C8H14N2.3C7H13N3/c4*1-7-2-9-4-8(1)5-10(3-7)6-9/h7-8H,1-6H2;3*7H,1-6H2/p+5. The summed E-state index contributed by atoms with van der Waals surface area (Å²) in [6, 6.07) is 0. The lowest BCUT2D eigenvalue weighted by atomic mass is 9.83. The predicted octanol–water partition coefficient (Wildman–Crippen LogP) is -8.61. The first-order valence-corrected chi connectivity index (χ1v) is 17.1. The quantitative estimate of drug-likeness (QED) is 0.203. The van der Waals surface area contributed by atoms with Crippen LogP contribution >= 0.6 is 0 Å². The minimum absolute atomic E-state index is 0.955. The largest absolute Gasteiger partial charge is 0.310 e. The van der Waals surface area contributed by atoms with Gasteiger partial charge in [-0.05, 0) is 12.3 Å². The molecule has 16 fully saturated rings. The van der Waals surface area contributed by atoms with Crippen molar-refractivity contribution in [3.63, 3.8) is 0 Å². The topological polar surface area (TPSA) is 41.6 Å². The van der Waals surface area contributed by atoms with E-state index in [1.807, 2.05) is 19.6 Å². The highest BCUT2D eigenvalue weighted by Crippen LogP contribution is 2.24. The third-order valence-electron chi connectivity index (χ3n) is 12.2. The van der Waals surface area contributed by atoms with Gasteiger partial charge in [-0.25, -0.2) is 14.7 Å². The van der Waals surface area contributed by atoms with Gasteiger partial charge >= 0.3 is 0 Å². The van der Waals surface area contributed by atoms with Gasteiger partial charge in [0.05, 0.1) is 90.2 Å². The Hall–Kier alpha value is -0.440. The molecule has 4 unspecified atom stereocenters. The van der Waals surface area contributed by atoms with E-state index in [2.05, 4.69) is 29.4 Å². The highest BCUT2D eigenvalue weighted by molar-refractivity contribution is 4.88. The fourth-order valence-electron chi connectivity index (χ4n) is 11.7. The minimum atomic E-state index is 0.955. The van der Waals surface area contributed by atoms with Crippen molar-refractivity contribution in [1.29, 1.82) is 0 Å². The maximum Gasteiger partial charge on any atom is 0.206 e. The fraction of sp³-hybridized carbons (Fsp3) is 1.00. The molecule has 16 aliphatic rings. The van der Waals surface area contributed by atoms with Crippen LogP contribution in [-0.4, -0.2) is 181 Å². The Labute approximate surface area is 241 Å². The van der Waals surface area contributed by atoms with Crippen LogP contribution < -0.4 is 24.5 Å². The Morgan fingerprint density at radius 1 is 0.325 bits per heavy atom. The second-order valence-electron chi connectivity index (χ2n) is 16.4. The van der Waals surface area contributed by atoms with E-state index in [9.17, 15) is 0 Å². The first kappa shape index (κ1) is 26.0. The van der Waals surface area contributed by atoms with E-state index in [1.54, 1.807) is 11.3 Å². The number of nitrogens with zero attached hydrogens (tertiary/aromatic N) is 6. The molecule has 0 aromatic carbocycles. The van der Waals surface area contributed by atoms with Crippen molar-refractivity contribution in [3.8, 4) is 0 Å². The van der Waals surface area contributed by atoms with Crippen molar-refractivity contribution in [2.45, 2.75) is 6.42 Å². The molecule has 0 spiro atoms. The summed E-state index contributed by atoms with van der Waals surface area (Å²) < 4.78 is 0. The minimum Gasteiger partial charge on any atom is -0.310 e. The molecule has 11 nitrogen and oxygen atoms in total. The normalized spacial score (nSPS) is 57.6. The van der Waals surface area contributed by atoms with Gasteiger partial charge < -0.3 is 4.90 Å². The lowest BCUT2D eigenvalue weighted by Gasteiger charge is -2.54. The molecule has 0 aromatic heterocycles. The van der Waals surface area contributed by atoms with E-state index >= 15 is 0 Å². The molecule has 4 atom stereocenters. The van der Waals surface area contributed by atoms with Gasteiger partial charge in [0.25, 0.3) is 0 Å². The van der Waals surface area contributed by atoms with Gasteiger partial charge in [0, 0.05) is 45.2 Å². The van der Waals surface area contributed by atoms with Crippen LogP contribution in [0.15, 0.2) is 0 Å². The third-order valence-corrected chi connectivity index (χ3v) is 12.2. The Morgan fingerprint density at radius 3 is 1.15 bits per heavy atom. The van der Waals surface area contributed by atoms with E-state index in [-0.39, 0.29) is 0 Å². The molecule has 16 aliphatic heterocycles. The highest BCUT2D eigenvalue weighted by atomic mass is 15.5. The molecule has 5 N–H and O–H groups in total. The molecule has 16 saturated heterocycles. The van der Waals surface area contributed by atoms with E-state index in [1.165, 1.54) is 152 Å². The van der Waals surface area contributed by atoms with Gasteiger partial charge in [0.2, 0.25) is 13.3 Å². The lowest BCUT2D eigenvalue weighted by molar-refractivity contribution is -1.14. The van der Waals surface area contributed by atoms with Crippen molar-refractivity contribution < 1.29 is 24.5 Å². The van der Waals surface area contributed by atoms with Gasteiger partial charge in [-0.1, -0.05) is 0 Å². The van der Waals surface area contributed by atoms with Crippen LogP contribution in [0.5, 0.6) is 0 Å². The Bertz CT molecular complexity index is 544. The SMILES string of the molecule is C1C2CN3CN1CN(C2)C3.C1C2CN3CN1C[NH+](C2)C3.C1C2C[NH+]3CC1C[NH+](C2)C3.C1C2C[NH+]3CN1C[NH+](C2)C3. The van der Waals surface area contributed by atoms with Gasteiger partial charge in [-0.2, -0.15) is 0 Å². The monoisotopic (exact) mass is 560 g/mol.